The minimum atomic E-state index is -0.139. The van der Waals surface area contributed by atoms with E-state index in [1.807, 2.05) is 0 Å². The highest BCUT2D eigenvalue weighted by Gasteiger charge is 2.00. The summed E-state index contributed by atoms with van der Waals surface area (Å²) in [6.45, 7) is 2.20. The quantitative estimate of drug-likeness (QED) is 0.656. The number of rotatable bonds is 7. The summed E-state index contributed by atoms with van der Waals surface area (Å²) in [6, 6.07) is 0. The number of anilines is 1. The first-order chi connectivity index (χ1) is 7.75. The normalized spacial score (nSPS) is 10.4. The summed E-state index contributed by atoms with van der Waals surface area (Å²) >= 11 is 0. The van der Waals surface area contributed by atoms with E-state index in [0.717, 1.165) is 0 Å². The topological polar surface area (TPSA) is 65.4 Å². The molecule has 0 atom stereocenters. The molecule has 1 aromatic heterocycles. The molecule has 0 saturated heterocycles. The number of nitrogens with one attached hydrogen (secondary N) is 1. The summed E-state index contributed by atoms with van der Waals surface area (Å²) in [5, 5.41) is 2.92. The Morgan fingerprint density at radius 1 is 1.44 bits per heavy atom. The monoisotopic (exact) mass is 227 g/mol. The van der Waals surface area contributed by atoms with Crippen LogP contribution in [0.3, 0.4) is 0 Å². The standard InChI is InChI=1S/C10H17N3O3/c1-13-5-3-11-9(10(13)14)12-4-6-16-8-7-15-2/h3,5H,4,6-8H2,1-2H3,(H,11,12). The van der Waals surface area contributed by atoms with Crippen molar-refractivity contribution >= 4 is 5.82 Å². The fourth-order valence-electron chi connectivity index (χ4n) is 1.11. The first kappa shape index (κ1) is 12.7. The van der Waals surface area contributed by atoms with E-state index in [1.165, 1.54) is 4.57 Å². The lowest BCUT2D eigenvalue weighted by atomic mass is 10.5. The predicted molar refractivity (Wildman–Crippen MR) is 60.7 cm³/mol. The van der Waals surface area contributed by atoms with E-state index in [-0.39, 0.29) is 5.56 Å². The zero-order valence-electron chi connectivity index (χ0n) is 9.60. The van der Waals surface area contributed by atoms with Gasteiger partial charge >= 0.3 is 0 Å². The smallest absolute Gasteiger partial charge is 0.293 e. The fourth-order valence-corrected chi connectivity index (χ4v) is 1.11. The summed E-state index contributed by atoms with van der Waals surface area (Å²) in [6.07, 6.45) is 3.19. The molecule has 0 aliphatic heterocycles. The van der Waals surface area contributed by atoms with Crippen LogP contribution in [0.1, 0.15) is 0 Å². The molecule has 0 fully saturated rings. The van der Waals surface area contributed by atoms with Crippen LogP contribution in [0.5, 0.6) is 0 Å². The number of methoxy groups -OCH3 is 1. The lowest BCUT2D eigenvalue weighted by Gasteiger charge is -2.06. The third-order valence-electron chi connectivity index (χ3n) is 1.99. The summed E-state index contributed by atoms with van der Waals surface area (Å²) in [5.74, 6) is 0.348. The second kappa shape index (κ2) is 6.97. The van der Waals surface area contributed by atoms with Gasteiger partial charge in [0.15, 0.2) is 5.82 Å². The van der Waals surface area contributed by atoms with Crippen molar-refractivity contribution < 1.29 is 9.47 Å². The maximum atomic E-state index is 11.5. The predicted octanol–water partition coefficient (Wildman–Crippen LogP) is -0.145. The molecule has 0 aromatic carbocycles. The van der Waals surface area contributed by atoms with E-state index in [9.17, 15) is 4.79 Å². The molecule has 0 aliphatic rings. The number of hydrogen-bond donors (Lipinski definition) is 1. The van der Waals surface area contributed by atoms with Crippen LogP contribution in [0.15, 0.2) is 17.2 Å². The molecule has 6 heteroatoms. The number of aromatic nitrogens is 2. The van der Waals surface area contributed by atoms with Crippen LogP contribution in [0, 0.1) is 0 Å². The molecule has 6 nitrogen and oxygen atoms in total. The highest BCUT2D eigenvalue weighted by molar-refractivity contribution is 5.30. The van der Waals surface area contributed by atoms with Crippen LogP contribution in [0.2, 0.25) is 0 Å². The first-order valence-electron chi connectivity index (χ1n) is 5.08. The van der Waals surface area contributed by atoms with Gasteiger partial charge in [0.25, 0.3) is 5.56 Å². The molecule has 90 valence electrons. The third kappa shape index (κ3) is 4.00. The van der Waals surface area contributed by atoms with Gasteiger partial charge in [0, 0.05) is 33.1 Å². The van der Waals surface area contributed by atoms with E-state index < -0.39 is 0 Å². The molecule has 0 amide bonds. The molecule has 0 aliphatic carbocycles. The molecule has 0 saturated carbocycles. The molecule has 0 unspecified atom stereocenters. The second-order valence-electron chi connectivity index (χ2n) is 3.22. The summed E-state index contributed by atoms with van der Waals surface area (Å²) in [7, 11) is 3.31. The average Bonchev–Trinajstić information content (AvgIpc) is 2.29. The van der Waals surface area contributed by atoms with Crippen molar-refractivity contribution in [2.75, 3.05) is 38.8 Å². The van der Waals surface area contributed by atoms with Gasteiger partial charge in [-0.1, -0.05) is 0 Å². The highest BCUT2D eigenvalue weighted by atomic mass is 16.5. The van der Waals surface area contributed by atoms with E-state index >= 15 is 0 Å². The van der Waals surface area contributed by atoms with Crippen LogP contribution < -0.4 is 10.9 Å². The van der Waals surface area contributed by atoms with Gasteiger partial charge in [0.05, 0.1) is 19.8 Å². The van der Waals surface area contributed by atoms with Gasteiger partial charge < -0.3 is 19.4 Å². The fraction of sp³-hybridized carbons (Fsp3) is 0.600. The van der Waals surface area contributed by atoms with Gasteiger partial charge in [0.2, 0.25) is 0 Å². The molecule has 0 radical (unpaired) electrons. The van der Waals surface area contributed by atoms with E-state index in [4.69, 9.17) is 9.47 Å². The maximum Gasteiger partial charge on any atom is 0.293 e. The molecule has 0 bridgehead atoms. The molecular weight excluding hydrogens is 210 g/mol. The number of hydrogen-bond acceptors (Lipinski definition) is 5. The summed E-state index contributed by atoms with van der Waals surface area (Å²) < 4.78 is 11.5. The first-order valence-corrected chi connectivity index (χ1v) is 5.08. The van der Waals surface area contributed by atoms with Crippen molar-refractivity contribution in [3.8, 4) is 0 Å². The Balaban J connectivity index is 2.27. The van der Waals surface area contributed by atoms with Crippen molar-refractivity contribution in [3.05, 3.63) is 22.7 Å². The molecule has 1 N–H and O–H groups in total. The molecule has 1 aromatic rings. The molecular formula is C10H17N3O3. The Kier molecular flexibility index (Phi) is 5.52. The molecule has 16 heavy (non-hydrogen) atoms. The Morgan fingerprint density at radius 2 is 2.25 bits per heavy atom. The number of aryl methyl sites for hydroxylation is 1. The molecule has 1 rings (SSSR count). The van der Waals surface area contributed by atoms with Gasteiger partial charge in [-0.3, -0.25) is 4.79 Å². The lowest BCUT2D eigenvalue weighted by Crippen LogP contribution is -2.23. The van der Waals surface area contributed by atoms with Crippen molar-refractivity contribution in [1.29, 1.82) is 0 Å². The Labute approximate surface area is 94.2 Å². The largest absolute Gasteiger partial charge is 0.382 e. The molecule has 1 heterocycles. The van der Waals surface area contributed by atoms with Crippen molar-refractivity contribution in [2.24, 2.45) is 7.05 Å². The maximum absolute atomic E-state index is 11.5. The van der Waals surface area contributed by atoms with Crippen LogP contribution >= 0.6 is 0 Å². The number of nitrogens with zero attached hydrogens (tertiary/aromatic N) is 2. The van der Waals surface area contributed by atoms with Crippen LogP contribution in [0.25, 0.3) is 0 Å². The minimum Gasteiger partial charge on any atom is -0.382 e. The summed E-state index contributed by atoms with van der Waals surface area (Å²) in [4.78, 5) is 15.5. The van der Waals surface area contributed by atoms with Gasteiger partial charge in [-0.15, -0.1) is 0 Å². The van der Waals surface area contributed by atoms with Gasteiger partial charge in [-0.2, -0.15) is 0 Å². The van der Waals surface area contributed by atoms with Crippen molar-refractivity contribution in [2.45, 2.75) is 0 Å². The minimum absolute atomic E-state index is 0.139. The average molecular weight is 227 g/mol. The second-order valence-corrected chi connectivity index (χ2v) is 3.22. The Morgan fingerprint density at radius 3 is 3.00 bits per heavy atom. The van der Waals surface area contributed by atoms with Crippen molar-refractivity contribution in [3.63, 3.8) is 0 Å². The van der Waals surface area contributed by atoms with Crippen LogP contribution in [0.4, 0.5) is 5.82 Å². The third-order valence-corrected chi connectivity index (χ3v) is 1.99. The SMILES string of the molecule is COCCOCCNc1nccn(C)c1=O. The zero-order chi connectivity index (χ0) is 11.8. The van der Waals surface area contributed by atoms with E-state index in [2.05, 4.69) is 10.3 Å². The van der Waals surface area contributed by atoms with Crippen LogP contribution in [-0.4, -0.2) is 43.0 Å². The zero-order valence-corrected chi connectivity index (χ0v) is 9.60. The van der Waals surface area contributed by atoms with Gasteiger partial charge in [-0.05, 0) is 0 Å². The Hall–Kier alpha value is -1.40. The number of ether oxygens (including phenoxy) is 2. The Bertz CT molecular complexity index is 365. The molecule has 0 spiro atoms. The van der Waals surface area contributed by atoms with E-state index in [0.29, 0.717) is 32.2 Å². The lowest BCUT2D eigenvalue weighted by molar-refractivity contribution is 0.0759. The van der Waals surface area contributed by atoms with Crippen molar-refractivity contribution in [1.82, 2.24) is 9.55 Å². The van der Waals surface area contributed by atoms with Crippen LogP contribution in [-0.2, 0) is 16.5 Å². The highest BCUT2D eigenvalue weighted by Crippen LogP contribution is 1.90. The van der Waals surface area contributed by atoms with E-state index in [1.54, 1.807) is 26.6 Å². The summed E-state index contributed by atoms with van der Waals surface area (Å²) in [5.41, 5.74) is -0.139. The van der Waals surface area contributed by atoms with Gasteiger partial charge in [-0.25, -0.2) is 4.98 Å². The van der Waals surface area contributed by atoms with Gasteiger partial charge in [0.1, 0.15) is 0 Å².